The molecule has 1 amide bonds. The van der Waals surface area contributed by atoms with E-state index < -0.39 is 18.3 Å². The average Bonchev–Trinajstić information content (AvgIpc) is 3.32. The van der Waals surface area contributed by atoms with E-state index in [1.165, 1.54) is 18.7 Å². The van der Waals surface area contributed by atoms with Crippen LogP contribution in [0.2, 0.25) is 0 Å². The highest BCUT2D eigenvalue weighted by Gasteiger charge is 2.47. The molecule has 1 aromatic heterocycles. The molecule has 0 aliphatic carbocycles. The number of carbonyl (C=O) groups excluding carboxylic acids is 1. The summed E-state index contributed by atoms with van der Waals surface area (Å²) in [4.78, 5) is 17.1. The predicted molar refractivity (Wildman–Crippen MR) is 129 cm³/mol. The standard InChI is InChI=1S/C26H28F3N5O2/c1-36-20-9-7-19(8-10-20)21-15-23(26(27,28)29)34-24(30-21)16-22(31-34)25(35)33-13-11-32(12-14-33)17-18-5-3-2-4-6-18/h2-10,16,21,23,30H,11-15,17H2,1H3/t21-,23-/m1/s1. The lowest BCUT2D eigenvalue weighted by Crippen LogP contribution is -2.48. The number of ether oxygens (including phenoxy) is 1. The highest BCUT2D eigenvalue weighted by atomic mass is 19.4. The van der Waals surface area contributed by atoms with Crippen LogP contribution in [-0.2, 0) is 6.54 Å². The van der Waals surface area contributed by atoms with Crippen LogP contribution in [0.1, 0.15) is 40.1 Å². The van der Waals surface area contributed by atoms with Gasteiger partial charge in [0.15, 0.2) is 11.7 Å². The van der Waals surface area contributed by atoms with Crippen LogP contribution in [0.5, 0.6) is 5.75 Å². The van der Waals surface area contributed by atoms with Crippen LogP contribution in [0.3, 0.4) is 0 Å². The molecular weight excluding hydrogens is 471 g/mol. The van der Waals surface area contributed by atoms with Crippen LogP contribution in [-0.4, -0.2) is 65.0 Å². The monoisotopic (exact) mass is 499 g/mol. The fourth-order valence-electron chi connectivity index (χ4n) is 4.85. The van der Waals surface area contributed by atoms with Crippen molar-refractivity contribution in [1.82, 2.24) is 19.6 Å². The summed E-state index contributed by atoms with van der Waals surface area (Å²) in [6.07, 6.45) is -4.73. The summed E-state index contributed by atoms with van der Waals surface area (Å²) in [6.45, 7) is 3.18. The molecule has 190 valence electrons. The van der Waals surface area contributed by atoms with Crippen LogP contribution in [0.25, 0.3) is 0 Å². The zero-order valence-electron chi connectivity index (χ0n) is 19.9. The van der Waals surface area contributed by atoms with Crippen LogP contribution in [0, 0.1) is 0 Å². The van der Waals surface area contributed by atoms with E-state index in [4.69, 9.17) is 4.74 Å². The topological polar surface area (TPSA) is 62.6 Å². The largest absolute Gasteiger partial charge is 0.497 e. The van der Waals surface area contributed by atoms with Gasteiger partial charge in [0.25, 0.3) is 5.91 Å². The number of piperazine rings is 1. The zero-order chi connectivity index (χ0) is 25.3. The number of amides is 1. The van der Waals surface area contributed by atoms with Gasteiger partial charge in [-0.15, -0.1) is 0 Å². The number of hydrogen-bond acceptors (Lipinski definition) is 5. The molecule has 0 spiro atoms. The number of fused-ring (bicyclic) bond motifs is 1. The Morgan fingerprint density at radius 3 is 2.39 bits per heavy atom. The summed E-state index contributed by atoms with van der Waals surface area (Å²) in [5, 5.41) is 7.27. The summed E-state index contributed by atoms with van der Waals surface area (Å²) in [5.74, 6) is 0.471. The van der Waals surface area contributed by atoms with Crippen molar-refractivity contribution in [3.8, 4) is 5.75 Å². The smallest absolute Gasteiger partial charge is 0.410 e. The molecule has 10 heteroatoms. The van der Waals surface area contributed by atoms with Crippen molar-refractivity contribution in [3.05, 3.63) is 77.5 Å². The van der Waals surface area contributed by atoms with Crippen LogP contribution in [0.4, 0.5) is 19.0 Å². The van der Waals surface area contributed by atoms with E-state index in [1.54, 1.807) is 29.2 Å². The van der Waals surface area contributed by atoms with Gasteiger partial charge in [0, 0.05) is 45.2 Å². The van der Waals surface area contributed by atoms with Crippen molar-refractivity contribution in [2.45, 2.75) is 31.2 Å². The second kappa shape index (κ2) is 9.85. The second-order valence-corrected chi connectivity index (χ2v) is 9.18. The first-order chi connectivity index (χ1) is 17.3. The van der Waals surface area contributed by atoms with Gasteiger partial charge in [0.05, 0.1) is 13.2 Å². The van der Waals surface area contributed by atoms with Crippen LogP contribution in [0.15, 0.2) is 60.7 Å². The van der Waals surface area contributed by atoms with E-state index in [-0.39, 0.29) is 23.8 Å². The molecule has 2 aliphatic rings. The molecule has 1 saturated heterocycles. The maximum atomic E-state index is 14.0. The fraction of sp³-hybridized carbons (Fsp3) is 0.385. The third-order valence-corrected chi connectivity index (χ3v) is 6.84. The molecule has 3 aromatic rings. The summed E-state index contributed by atoms with van der Waals surface area (Å²) in [7, 11) is 1.54. The third-order valence-electron chi connectivity index (χ3n) is 6.84. The number of halogens is 3. The first-order valence-corrected chi connectivity index (χ1v) is 11.9. The van der Waals surface area contributed by atoms with Crippen LogP contribution < -0.4 is 10.1 Å². The number of nitrogens with zero attached hydrogens (tertiary/aromatic N) is 4. The molecule has 1 N–H and O–H groups in total. The minimum atomic E-state index is -4.50. The maximum Gasteiger partial charge on any atom is 0.410 e. The number of anilines is 1. The van der Waals surface area contributed by atoms with Crippen molar-refractivity contribution < 1.29 is 22.7 Å². The molecule has 0 saturated carbocycles. The van der Waals surface area contributed by atoms with Gasteiger partial charge < -0.3 is 15.0 Å². The number of alkyl halides is 3. The Kier molecular flexibility index (Phi) is 6.61. The molecule has 36 heavy (non-hydrogen) atoms. The van der Waals surface area contributed by atoms with Crippen molar-refractivity contribution in [1.29, 1.82) is 0 Å². The van der Waals surface area contributed by atoms with E-state index in [2.05, 4.69) is 27.4 Å². The number of benzene rings is 2. The van der Waals surface area contributed by atoms with E-state index in [9.17, 15) is 18.0 Å². The van der Waals surface area contributed by atoms with Crippen LogP contribution >= 0.6 is 0 Å². The van der Waals surface area contributed by atoms with Gasteiger partial charge >= 0.3 is 6.18 Å². The summed E-state index contributed by atoms with van der Waals surface area (Å²) >= 11 is 0. The van der Waals surface area contributed by atoms with E-state index >= 15 is 0 Å². The lowest BCUT2D eigenvalue weighted by molar-refractivity contribution is -0.173. The van der Waals surface area contributed by atoms with Crippen molar-refractivity contribution in [3.63, 3.8) is 0 Å². The number of methoxy groups -OCH3 is 1. The molecule has 0 bridgehead atoms. The number of rotatable bonds is 5. The lowest BCUT2D eigenvalue weighted by atomic mass is 9.97. The highest BCUT2D eigenvalue weighted by molar-refractivity contribution is 5.93. The Labute approximate surface area is 207 Å². The molecule has 2 atom stereocenters. The first kappa shape index (κ1) is 24.2. The zero-order valence-corrected chi connectivity index (χ0v) is 19.9. The quantitative estimate of drug-likeness (QED) is 0.560. The molecule has 2 aromatic carbocycles. The van der Waals surface area contributed by atoms with Gasteiger partial charge in [0.1, 0.15) is 11.6 Å². The summed E-state index contributed by atoms with van der Waals surface area (Å²) < 4.78 is 48.1. The van der Waals surface area contributed by atoms with Crippen molar-refractivity contribution in [2.75, 3.05) is 38.6 Å². The number of hydrogen-bond donors (Lipinski definition) is 1. The van der Waals surface area contributed by atoms with Gasteiger partial charge in [-0.2, -0.15) is 18.3 Å². The number of aromatic nitrogens is 2. The highest BCUT2D eigenvalue weighted by Crippen LogP contribution is 2.43. The lowest BCUT2D eigenvalue weighted by Gasteiger charge is -2.34. The Morgan fingerprint density at radius 1 is 1.06 bits per heavy atom. The fourth-order valence-corrected chi connectivity index (χ4v) is 4.85. The van der Waals surface area contributed by atoms with Gasteiger partial charge in [-0.3, -0.25) is 9.69 Å². The maximum absolute atomic E-state index is 14.0. The van der Waals surface area contributed by atoms with Crippen molar-refractivity contribution >= 4 is 11.7 Å². The Morgan fingerprint density at radius 2 is 1.75 bits per heavy atom. The normalized spacial score (nSPS) is 20.5. The molecule has 5 rings (SSSR count). The molecular formula is C26H28F3N5O2. The van der Waals surface area contributed by atoms with Gasteiger partial charge in [-0.1, -0.05) is 42.5 Å². The predicted octanol–water partition coefficient (Wildman–Crippen LogP) is 4.51. The van der Waals surface area contributed by atoms with Gasteiger partial charge in [-0.05, 0) is 23.3 Å². The number of carbonyl (C=O) groups is 1. The molecule has 2 aliphatic heterocycles. The summed E-state index contributed by atoms with van der Waals surface area (Å²) in [6, 6.07) is 16.1. The molecule has 1 fully saturated rings. The molecule has 3 heterocycles. The average molecular weight is 500 g/mol. The number of nitrogens with one attached hydrogen (secondary N) is 1. The first-order valence-electron chi connectivity index (χ1n) is 11.9. The Bertz CT molecular complexity index is 1190. The summed E-state index contributed by atoms with van der Waals surface area (Å²) in [5.41, 5.74) is 1.94. The van der Waals surface area contributed by atoms with E-state index in [1.807, 2.05) is 18.2 Å². The minimum absolute atomic E-state index is 0.0265. The second-order valence-electron chi connectivity index (χ2n) is 9.18. The minimum Gasteiger partial charge on any atom is -0.497 e. The molecule has 0 radical (unpaired) electrons. The van der Waals surface area contributed by atoms with Gasteiger partial charge in [0.2, 0.25) is 0 Å². The molecule has 0 unspecified atom stereocenters. The Hall–Kier alpha value is -3.53. The Balaban J connectivity index is 1.30. The molecule has 7 nitrogen and oxygen atoms in total. The SMILES string of the molecule is COc1ccc([C@H]2C[C@H](C(F)(F)F)n3nc(C(=O)N4CCN(Cc5ccccc5)CC4)cc3N2)cc1. The van der Waals surface area contributed by atoms with E-state index in [0.29, 0.717) is 37.5 Å². The van der Waals surface area contributed by atoms with E-state index in [0.717, 1.165) is 11.2 Å². The van der Waals surface area contributed by atoms with Crippen molar-refractivity contribution in [2.24, 2.45) is 0 Å². The third kappa shape index (κ3) is 5.04. The van der Waals surface area contributed by atoms with Gasteiger partial charge in [-0.25, -0.2) is 4.68 Å².